The number of amides is 3. The highest BCUT2D eigenvalue weighted by Crippen LogP contribution is 2.23. The molecule has 2 unspecified atom stereocenters. The summed E-state index contributed by atoms with van der Waals surface area (Å²) in [5.74, 6) is -0.0172. The molecule has 0 aliphatic carbocycles. The maximum absolute atomic E-state index is 14.1. The van der Waals surface area contributed by atoms with Crippen LogP contribution in [0.2, 0.25) is 0 Å². The number of aryl methyl sites for hydroxylation is 1. The first-order chi connectivity index (χ1) is 21.2. The lowest BCUT2D eigenvalue weighted by Crippen LogP contribution is -2.57. The van der Waals surface area contributed by atoms with E-state index in [-0.39, 0.29) is 29.9 Å². The van der Waals surface area contributed by atoms with Gasteiger partial charge in [0.1, 0.15) is 30.6 Å². The lowest BCUT2D eigenvalue weighted by Gasteiger charge is -2.34. The van der Waals surface area contributed by atoms with Gasteiger partial charge in [0.05, 0.1) is 25.6 Å². The van der Waals surface area contributed by atoms with Crippen molar-refractivity contribution in [2.45, 2.75) is 39.0 Å². The van der Waals surface area contributed by atoms with Gasteiger partial charge in [0, 0.05) is 26.2 Å². The van der Waals surface area contributed by atoms with Crippen molar-refractivity contribution in [3.05, 3.63) is 114 Å². The zero-order chi connectivity index (χ0) is 31.5. The molecule has 0 saturated carbocycles. The number of carboxylic acid groups (broad SMARTS) is 1. The Morgan fingerprint density at radius 1 is 0.977 bits per heavy atom. The monoisotopic (exact) mass is 598 g/mol. The molecular weight excluding hydrogens is 558 g/mol. The van der Waals surface area contributed by atoms with E-state index in [1.54, 1.807) is 24.1 Å². The van der Waals surface area contributed by atoms with Crippen molar-refractivity contribution >= 4 is 23.6 Å². The minimum absolute atomic E-state index is 0.00461. The van der Waals surface area contributed by atoms with E-state index >= 15 is 0 Å². The van der Waals surface area contributed by atoms with E-state index in [2.05, 4.69) is 10.3 Å². The third-order valence-corrected chi connectivity index (χ3v) is 7.50. The van der Waals surface area contributed by atoms with Gasteiger partial charge >= 0.3 is 12.0 Å². The van der Waals surface area contributed by atoms with Crippen LogP contribution in [0.15, 0.2) is 97.5 Å². The number of carbonyl (C=O) groups is 3. The molecule has 4 aromatic rings. The number of hydrogen-bond acceptors (Lipinski definition) is 5. The summed E-state index contributed by atoms with van der Waals surface area (Å²) in [7, 11) is 3.65. The lowest BCUT2D eigenvalue weighted by molar-refractivity contribution is -0.141. The normalized spacial score (nSPS) is 13.0. The van der Waals surface area contributed by atoms with Gasteiger partial charge in [-0.2, -0.15) is 0 Å². The number of ether oxygens (including phenoxy) is 1. The summed E-state index contributed by atoms with van der Waals surface area (Å²) in [6.07, 6.45) is 2.79. The second kappa shape index (κ2) is 15.0. The maximum atomic E-state index is 14.1. The number of nitrogens with one attached hydrogen (secondary N) is 1. The van der Waals surface area contributed by atoms with Crippen LogP contribution in [0.25, 0.3) is 0 Å². The number of likely N-dealkylation sites (N-methyl/N-ethyl adjacent to an activating group) is 1. The molecule has 10 nitrogen and oxygen atoms in total. The summed E-state index contributed by atoms with van der Waals surface area (Å²) >= 11 is 0. The average Bonchev–Trinajstić information content (AvgIpc) is 3.44. The Labute approximate surface area is 258 Å². The molecule has 10 heteroatoms. The fraction of sp³-hybridized carbons (Fsp3) is 0.294. The summed E-state index contributed by atoms with van der Waals surface area (Å²) in [5, 5.41) is 11.9. The van der Waals surface area contributed by atoms with Crippen molar-refractivity contribution in [1.29, 1.82) is 0 Å². The van der Waals surface area contributed by atoms with Crippen molar-refractivity contribution < 1.29 is 24.2 Å². The van der Waals surface area contributed by atoms with Crippen molar-refractivity contribution in [1.82, 2.24) is 24.3 Å². The van der Waals surface area contributed by atoms with Crippen LogP contribution < -0.4 is 14.5 Å². The Bertz CT molecular complexity index is 1520. The van der Waals surface area contributed by atoms with Gasteiger partial charge in [-0.3, -0.25) is 4.79 Å². The van der Waals surface area contributed by atoms with Gasteiger partial charge in [-0.15, -0.1) is 0 Å². The van der Waals surface area contributed by atoms with Gasteiger partial charge in [-0.05, 0) is 41.8 Å². The molecule has 1 heterocycles. The zero-order valence-electron chi connectivity index (χ0n) is 25.4. The van der Waals surface area contributed by atoms with Crippen LogP contribution in [-0.2, 0) is 36.2 Å². The summed E-state index contributed by atoms with van der Waals surface area (Å²) in [6.45, 7) is 2.86. The largest absolute Gasteiger partial charge is 0.489 e. The Hall–Kier alpha value is -4.96. The highest BCUT2D eigenvalue weighted by molar-refractivity contribution is 5.94. The van der Waals surface area contributed by atoms with E-state index in [0.29, 0.717) is 24.6 Å². The second-order valence-corrected chi connectivity index (χ2v) is 11.0. The molecule has 1 aromatic heterocycles. The van der Waals surface area contributed by atoms with Gasteiger partial charge in [-0.25, -0.2) is 19.1 Å². The molecule has 0 aliphatic rings. The first-order valence-electron chi connectivity index (χ1n) is 14.6. The first kappa shape index (κ1) is 32.0. The van der Waals surface area contributed by atoms with Crippen LogP contribution in [0, 0.1) is 0 Å². The van der Waals surface area contributed by atoms with Gasteiger partial charge in [0.25, 0.3) is 0 Å². The van der Waals surface area contributed by atoms with Crippen LogP contribution in [0.3, 0.4) is 0 Å². The molecule has 0 aliphatic heterocycles. The van der Waals surface area contributed by atoms with E-state index in [4.69, 9.17) is 4.74 Å². The summed E-state index contributed by atoms with van der Waals surface area (Å²) in [6, 6.07) is 25.5. The number of aromatic nitrogens is 2. The van der Waals surface area contributed by atoms with Gasteiger partial charge in [0.2, 0.25) is 5.91 Å². The first-order valence-corrected chi connectivity index (χ1v) is 14.6. The molecule has 3 aromatic carbocycles. The van der Waals surface area contributed by atoms with Crippen molar-refractivity contribution in [2.24, 2.45) is 7.05 Å². The van der Waals surface area contributed by atoms with Crippen LogP contribution in [0.4, 0.5) is 10.5 Å². The van der Waals surface area contributed by atoms with Crippen molar-refractivity contribution in [3.63, 3.8) is 0 Å². The smallest absolute Gasteiger partial charge is 0.405 e. The van der Waals surface area contributed by atoms with Crippen molar-refractivity contribution in [3.8, 4) is 5.75 Å². The predicted octanol–water partition coefficient (Wildman–Crippen LogP) is 4.78. The van der Waals surface area contributed by atoms with Crippen LogP contribution in [0.5, 0.6) is 5.75 Å². The summed E-state index contributed by atoms with van der Waals surface area (Å²) in [5.41, 5.74) is 3.19. The van der Waals surface area contributed by atoms with Gasteiger partial charge in [-0.1, -0.05) is 67.6 Å². The standard InChI is InChI=1S/C34H39N5O5/c1-4-19-39(3,29-13-9-6-10-14-29)32(40)23-38(33(41)31(36-34(42)43)20-28-22-37(2)25-35-28)21-26-15-17-30(18-16-26)44-24-27-11-7-5-8-12-27/h5-18,22,25,31,36H,4,19-21,23-24H2,1-3H3/p+1. The molecule has 0 saturated heterocycles. The van der Waals surface area contributed by atoms with Gasteiger partial charge in [0.15, 0.2) is 0 Å². The number of rotatable bonds is 14. The summed E-state index contributed by atoms with van der Waals surface area (Å²) < 4.78 is 7.65. The Morgan fingerprint density at radius 3 is 2.23 bits per heavy atom. The number of benzene rings is 3. The number of imidazole rings is 1. The number of carbonyl (C=O) groups excluding carboxylic acids is 2. The molecule has 3 amide bonds. The number of hydrogen-bond donors (Lipinski definition) is 2. The fourth-order valence-electron chi connectivity index (χ4n) is 5.14. The topological polar surface area (TPSA) is 114 Å². The third kappa shape index (κ3) is 8.54. The number of nitrogens with zero attached hydrogens (tertiary/aromatic N) is 4. The quantitative estimate of drug-likeness (QED) is 0.202. The van der Waals surface area contributed by atoms with Crippen LogP contribution in [0.1, 0.15) is 30.2 Å². The zero-order valence-corrected chi connectivity index (χ0v) is 25.4. The minimum Gasteiger partial charge on any atom is -0.489 e. The molecule has 0 radical (unpaired) electrons. The van der Waals surface area contributed by atoms with Crippen LogP contribution in [-0.4, -0.2) is 63.6 Å². The van der Waals surface area contributed by atoms with E-state index in [0.717, 1.165) is 23.2 Å². The Morgan fingerprint density at radius 2 is 1.64 bits per heavy atom. The number of quaternary nitrogens is 1. The highest BCUT2D eigenvalue weighted by Gasteiger charge is 2.37. The molecule has 2 N–H and O–H groups in total. The maximum Gasteiger partial charge on any atom is 0.405 e. The van der Waals surface area contributed by atoms with E-state index in [1.807, 2.05) is 98.9 Å². The van der Waals surface area contributed by atoms with E-state index < -0.39 is 18.0 Å². The van der Waals surface area contributed by atoms with Crippen molar-refractivity contribution in [2.75, 3.05) is 20.1 Å². The molecule has 0 spiro atoms. The average molecular weight is 599 g/mol. The Kier molecular flexibility index (Phi) is 10.9. The SMILES string of the molecule is CCC[N+](C)(C(=O)CN(Cc1ccc(OCc2ccccc2)cc1)C(=O)C(Cc1cn(C)cn1)NC(=O)O)c1ccccc1. The minimum atomic E-state index is -1.33. The molecule has 230 valence electrons. The second-order valence-electron chi connectivity index (χ2n) is 11.0. The molecule has 0 bridgehead atoms. The predicted molar refractivity (Wildman–Crippen MR) is 169 cm³/mol. The fourth-order valence-corrected chi connectivity index (χ4v) is 5.14. The van der Waals surface area contributed by atoms with E-state index in [1.165, 1.54) is 4.90 Å². The highest BCUT2D eigenvalue weighted by atomic mass is 16.5. The molecular formula is C34H40N5O5+. The molecule has 4 rings (SSSR count). The molecule has 2 atom stereocenters. The van der Waals surface area contributed by atoms with E-state index in [9.17, 15) is 19.5 Å². The Balaban J connectivity index is 1.59. The third-order valence-electron chi connectivity index (χ3n) is 7.50. The number of para-hydroxylation sites is 1. The summed E-state index contributed by atoms with van der Waals surface area (Å²) in [4.78, 5) is 45.6. The van der Waals surface area contributed by atoms with Crippen LogP contribution >= 0.6 is 0 Å². The van der Waals surface area contributed by atoms with Gasteiger partial charge < -0.3 is 24.6 Å². The molecule has 44 heavy (non-hydrogen) atoms. The lowest BCUT2D eigenvalue weighted by atomic mass is 10.1. The molecule has 0 fully saturated rings.